The third-order valence-corrected chi connectivity index (χ3v) is 6.52. The van der Waals surface area contributed by atoms with Crippen molar-refractivity contribution < 1.29 is 53.6 Å². The third kappa shape index (κ3) is 3.30. The zero-order valence-electron chi connectivity index (χ0n) is 10.7. The monoisotopic (exact) mass is 384 g/mol. The first-order valence-corrected chi connectivity index (χ1v) is 7.86. The minimum atomic E-state index is -7.13. The van der Waals surface area contributed by atoms with Gasteiger partial charge in [0.15, 0.2) is 5.66 Å². The standard InChI is InChI=1S/C6H10F6N2O6S2/c1-3-4(2,13(15)16)14(21(17,18)5(7,8)9)22(19,20)6(10,11)12/h15-16H,3H2,1-2H3. The maximum Gasteiger partial charge on any atom is 0.512 e. The van der Waals surface area contributed by atoms with Gasteiger partial charge >= 0.3 is 31.1 Å². The van der Waals surface area contributed by atoms with Crippen LogP contribution in [0.15, 0.2) is 0 Å². The smallest absolute Gasteiger partial charge is 0.288 e. The van der Waals surface area contributed by atoms with E-state index in [1.54, 1.807) is 0 Å². The van der Waals surface area contributed by atoms with Gasteiger partial charge in [-0.25, -0.2) is 16.8 Å². The molecule has 0 aromatic rings. The van der Waals surface area contributed by atoms with Crippen molar-refractivity contribution in [2.75, 3.05) is 0 Å². The molecule has 16 heteroatoms. The fourth-order valence-corrected chi connectivity index (χ4v) is 4.54. The van der Waals surface area contributed by atoms with Crippen LogP contribution in [-0.2, 0) is 20.0 Å². The minimum Gasteiger partial charge on any atom is -0.288 e. The zero-order valence-corrected chi connectivity index (χ0v) is 12.3. The Labute approximate surface area is 120 Å². The molecule has 0 aliphatic carbocycles. The maximum atomic E-state index is 12.5. The molecule has 0 heterocycles. The first-order valence-electron chi connectivity index (χ1n) is 4.98. The molecule has 0 rings (SSSR count). The van der Waals surface area contributed by atoms with Gasteiger partial charge in [0.05, 0.1) is 0 Å². The van der Waals surface area contributed by atoms with Crippen LogP contribution in [0.5, 0.6) is 0 Å². The fraction of sp³-hybridized carbons (Fsp3) is 1.00. The predicted octanol–water partition coefficient (Wildman–Crippen LogP) is 1.19. The number of rotatable bonds is 5. The number of hydrogen-bond donors (Lipinski definition) is 2. The number of hydrogen-bond acceptors (Lipinski definition) is 7. The highest BCUT2D eigenvalue weighted by molar-refractivity contribution is 8.04. The van der Waals surface area contributed by atoms with Crippen LogP contribution in [0.3, 0.4) is 0 Å². The summed E-state index contributed by atoms with van der Waals surface area (Å²) in [5, 5.41) is 16.2. The Morgan fingerprint density at radius 1 is 0.864 bits per heavy atom. The second-order valence-corrected chi connectivity index (χ2v) is 7.75. The number of alkyl halides is 6. The topological polar surface area (TPSA) is 115 Å². The number of halogens is 6. The molecular weight excluding hydrogens is 374 g/mol. The Balaban J connectivity index is 6.81. The van der Waals surface area contributed by atoms with E-state index >= 15 is 0 Å². The van der Waals surface area contributed by atoms with Gasteiger partial charge in [0.25, 0.3) is 0 Å². The summed E-state index contributed by atoms with van der Waals surface area (Å²) in [5.74, 6) is 0. The summed E-state index contributed by atoms with van der Waals surface area (Å²) in [6.45, 7) is 0.865. The SMILES string of the molecule is CCC(C)(N(O)O)N(S(=O)(=O)C(F)(F)F)S(=O)(=O)C(F)(F)F. The van der Waals surface area contributed by atoms with E-state index in [9.17, 15) is 43.2 Å². The van der Waals surface area contributed by atoms with Gasteiger partial charge in [-0.3, -0.25) is 10.4 Å². The molecule has 0 aliphatic rings. The van der Waals surface area contributed by atoms with Gasteiger partial charge in [0.1, 0.15) is 0 Å². The summed E-state index contributed by atoms with van der Waals surface area (Å²) in [6, 6.07) is 0. The van der Waals surface area contributed by atoms with Crippen molar-refractivity contribution in [3.05, 3.63) is 0 Å². The van der Waals surface area contributed by atoms with Crippen molar-refractivity contribution >= 4 is 20.0 Å². The van der Waals surface area contributed by atoms with Crippen molar-refractivity contribution in [1.29, 1.82) is 0 Å². The summed E-state index contributed by atoms with van der Waals surface area (Å²) in [5.41, 5.74) is -16.4. The van der Waals surface area contributed by atoms with Crippen LogP contribution in [0.4, 0.5) is 26.3 Å². The van der Waals surface area contributed by atoms with Crippen LogP contribution < -0.4 is 0 Å². The normalized spacial score (nSPS) is 17.8. The summed E-state index contributed by atoms with van der Waals surface area (Å²) < 4.78 is 118. The lowest BCUT2D eigenvalue weighted by atomic mass is 10.2. The highest BCUT2D eigenvalue weighted by atomic mass is 32.3. The van der Waals surface area contributed by atoms with Crippen molar-refractivity contribution in [2.24, 2.45) is 0 Å². The lowest BCUT2D eigenvalue weighted by molar-refractivity contribution is -0.374. The molecule has 0 spiro atoms. The summed E-state index contributed by atoms with van der Waals surface area (Å²) in [7, 11) is -14.3. The van der Waals surface area contributed by atoms with Gasteiger partial charge in [0.2, 0.25) is 0 Å². The lowest BCUT2D eigenvalue weighted by Gasteiger charge is -2.39. The molecule has 0 fully saturated rings. The summed E-state index contributed by atoms with van der Waals surface area (Å²) >= 11 is 0. The van der Waals surface area contributed by atoms with Crippen molar-refractivity contribution in [3.63, 3.8) is 0 Å². The number of sulfonamides is 2. The Morgan fingerprint density at radius 2 is 1.14 bits per heavy atom. The van der Waals surface area contributed by atoms with Crippen molar-refractivity contribution in [3.8, 4) is 0 Å². The molecule has 22 heavy (non-hydrogen) atoms. The van der Waals surface area contributed by atoms with Crippen LogP contribution >= 0.6 is 0 Å². The Morgan fingerprint density at radius 3 is 1.27 bits per heavy atom. The van der Waals surface area contributed by atoms with Gasteiger partial charge in [0, 0.05) is 0 Å². The first kappa shape index (κ1) is 21.3. The second kappa shape index (κ2) is 5.75. The molecule has 1 atom stereocenters. The van der Waals surface area contributed by atoms with E-state index in [-0.39, 0.29) is 6.92 Å². The first-order chi connectivity index (χ1) is 9.37. The van der Waals surface area contributed by atoms with E-state index in [0.29, 0.717) is 0 Å². The van der Waals surface area contributed by atoms with Crippen LogP contribution in [-0.4, -0.2) is 52.9 Å². The maximum absolute atomic E-state index is 12.5. The molecule has 0 amide bonds. The average Bonchev–Trinajstić information content (AvgIpc) is 2.24. The van der Waals surface area contributed by atoms with Gasteiger partial charge in [-0.15, -0.1) is 0 Å². The minimum absolute atomic E-state index is 0.138. The molecule has 0 aliphatic heterocycles. The van der Waals surface area contributed by atoms with Crippen LogP contribution in [0.25, 0.3) is 0 Å². The van der Waals surface area contributed by atoms with Crippen molar-refractivity contribution in [1.82, 2.24) is 8.94 Å². The quantitative estimate of drug-likeness (QED) is 0.416. The molecule has 2 N–H and O–H groups in total. The molecule has 0 radical (unpaired) electrons. The Kier molecular flexibility index (Phi) is 5.57. The molecule has 0 saturated heterocycles. The molecule has 0 bridgehead atoms. The molecule has 0 aromatic carbocycles. The highest BCUT2D eigenvalue weighted by Gasteiger charge is 2.67. The molecule has 8 nitrogen and oxygen atoms in total. The van der Waals surface area contributed by atoms with E-state index in [1.807, 2.05) is 0 Å². The third-order valence-electron chi connectivity index (χ3n) is 2.52. The van der Waals surface area contributed by atoms with Gasteiger partial charge in [-0.1, -0.05) is 10.6 Å². The number of hydroxylamine groups is 2. The van der Waals surface area contributed by atoms with E-state index in [0.717, 1.165) is 6.92 Å². The van der Waals surface area contributed by atoms with Crippen LogP contribution in [0.1, 0.15) is 20.3 Å². The molecular formula is C6H10F6N2O6S2. The molecule has 134 valence electrons. The summed E-state index contributed by atoms with van der Waals surface area (Å²) in [6.07, 6.45) is -1.16. The molecule has 0 aromatic heterocycles. The summed E-state index contributed by atoms with van der Waals surface area (Å²) in [4.78, 5) is 0. The van der Waals surface area contributed by atoms with Crippen LogP contribution in [0, 0.1) is 0 Å². The largest absolute Gasteiger partial charge is 0.512 e. The van der Waals surface area contributed by atoms with E-state index in [1.165, 1.54) is 0 Å². The molecule has 1 unspecified atom stereocenters. The van der Waals surface area contributed by atoms with Gasteiger partial charge in [-0.2, -0.15) is 26.3 Å². The number of nitrogens with zero attached hydrogens (tertiary/aromatic N) is 2. The van der Waals surface area contributed by atoms with Crippen molar-refractivity contribution in [2.45, 2.75) is 36.9 Å². The Hall–Kier alpha value is -0.680. The van der Waals surface area contributed by atoms with E-state index < -0.39 is 52.1 Å². The Bertz CT molecular complexity index is 567. The fourth-order valence-electron chi connectivity index (χ4n) is 1.18. The van der Waals surface area contributed by atoms with Gasteiger partial charge in [-0.05, 0) is 18.6 Å². The average molecular weight is 384 g/mol. The van der Waals surface area contributed by atoms with Gasteiger partial charge < -0.3 is 0 Å². The highest BCUT2D eigenvalue weighted by Crippen LogP contribution is 2.41. The zero-order chi connectivity index (χ0) is 18.4. The second-order valence-electron chi connectivity index (χ2n) is 3.96. The predicted molar refractivity (Wildman–Crippen MR) is 55.9 cm³/mol. The lowest BCUT2D eigenvalue weighted by Crippen LogP contribution is -2.64. The van der Waals surface area contributed by atoms with Crippen LogP contribution in [0.2, 0.25) is 0 Å². The van der Waals surface area contributed by atoms with E-state index in [2.05, 4.69) is 0 Å². The van der Waals surface area contributed by atoms with E-state index in [4.69, 9.17) is 10.4 Å². The molecule has 0 saturated carbocycles.